The molecule has 3 N–H and O–H groups in total. The van der Waals surface area contributed by atoms with E-state index in [1.807, 2.05) is 0 Å². The van der Waals surface area contributed by atoms with Crippen LogP contribution in [-0.2, 0) is 4.79 Å². The van der Waals surface area contributed by atoms with Crippen molar-refractivity contribution in [3.05, 3.63) is 21.5 Å². The molecule has 1 atom stereocenters. The minimum absolute atomic E-state index is 0.157. The second kappa shape index (κ2) is 5.33. The van der Waals surface area contributed by atoms with Gasteiger partial charge in [0, 0.05) is 9.77 Å². The summed E-state index contributed by atoms with van der Waals surface area (Å²) in [4.78, 5) is 25.3. The van der Waals surface area contributed by atoms with Crippen molar-refractivity contribution in [2.75, 3.05) is 0 Å². The molecule has 88 valence electrons. The summed E-state index contributed by atoms with van der Waals surface area (Å²) in [7, 11) is 0. The molecule has 6 heteroatoms. The highest BCUT2D eigenvalue weighted by Gasteiger charge is 2.24. The molecule has 1 aromatic heterocycles. The van der Waals surface area contributed by atoms with Gasteiger partial charge in [-0.3, -0.25) is 4.79 Å². The number of H-pyrrole nitrogens is 1. The zero-order valence-corrected chi connectivity index (χ0v) is 11.1. The Hall–Kier alpha value is -1.05. The smallest absolute Gasteiger partial charge is 0.326 e. The molecule has 1 amide bonds. The second-order valence-corrected chi connectivity index (χ2v) is 5.01. The minimum atomic E-state index is -1.02. The van der Waals surface area contributed by atoms with Crippen LogP contribution in [0.2, 0.25) is 0 Å². The van der Waals surface area contributed by atoms with E-state index in [1.54, 1.807) is 26.1 Å². The highest BCUT2D eigenvalue weighted by atomic mass is 127. The highest BCUT2D eigenvalue weighted by Crippen LogP contribution is 2.08. The standard InChI is InChI=1S/C10H13IN2O3/c1-5(2)8(10(15)16)13-9(14)7-3-6(11)4-12-7/h3-5,8,12H,1-2H3,(H,13,14)(H,15,16)/t8-/m0/s1. The van der Waals surface area contributed by atoms with Crippen molar-refractivity contribution in [2.24, 2.45) is 5.92 Å². The monoisotopic (exact) mass is 336 g/mol. The molecule has 1 rings (SSSR count). The van der Waals surface area contributed by atoms with Crippen LogP contribution in [0.1, 0.15) is 24.3 Å². The zero-order valence-electron chi connectivity index (χ0n) is 8.95. The van der Waals surface area contributed by atoms with Gasteiger partial charge in [-0.25, -0.2) is 4.79 Å². The molecule has 0 aliphatic rings. The van der Waals surface area contributed by atoms with Crippen LogP contribution in [0.3, 0.4) is 0 Å². The molecule has 0 saturated carbocycles. The summed E-state index contributed by atoms with van der Waals surface area (Å²) in [6.07, 6.45) is 1.68. The van der Waals surface area contributed by atoms with E-state index in [9.17, 15) is 9.59 Å². The van der Waals surface area contributed by atoms with Crippen LogP contribution in [0.5, 0.6) is 0 Å². The third kappa shape index (κ3) is 3.22. The fourth-order valence-electron chi connectivity index (χ4n) is 1.23. The maximum Gasteiger partial charge on any atom is 0.326 e. The van der Waals surface area contributed by atoms with E-state index in [4.69, 9.17) is 5.11 Å². The van der Waals surface area contributed by atoms with Crippen molar-refractivity contribution in [3.63, 3.8) is 0 Å². The molecule has 0 aliphatic carbocycles. The topological polar surface area (TPSA) is 82.2 Å². The van der Waals surface area contributed by atoms with Gasteiger partial charge in [-0.2, -0.15) is 0 Å². The molecule has 16 heavy (non-hydrogen) atoms. The van der Waals surface area contributed by atoms with Gasteiger partial charge in [0.05, 0.1) is 0 Å². The molecule has 1 aromatic rings. The SMILES string of the molecule is CC(C)[C@H](NC(=O)c1cc(I)c[nH]1)C(=O)O. The normalized spacial score (nSPS) is 12.5. The average molecular weight is 336 g/mol. The number of carboxylic acids is 1. The number of aliphatic carboxylic acids is 1. The van der Waals surface area contributed by atoms with E-state index < -0.39 is 17.9 Å². The van der Waals surface area contributed by atoms with Crippen LogP contribution in [0.15, 0.2) is 12.3 Å². The number of carboxylic acid groups (broad SMARTS) is 1. The van der Waals surface area contributed by atoms with Crippen molar-refractivity contribution < 1.29 is 14.7 Å². The van der Waals surface area contributed by atoms with Crippen LogP contribution in [0.25, 0.3) is 0 Å². The van der Waals surface area contributed by atoms with Crippen molar-refractivity contribution in [1.82, 2.24) is 10.3 Å². The Bertz CT molecular complexity index is 401. The zero-order chi connectivity index (χ0) is 12.3. The summed E-state index contributed by atoms with van der Waals surface area (Å²) in [5.74, 6) is -1.58. The maximum absolute atomic E-state index is 11.7. The van der Waals surface area contributed by atoms with Gasteiger partial charge in [0.1, 0.15) is 11.7 Å². The lowest BCUT2D eigenvalue weighted by molar-refractivity contribution is -0.140. The highest BCUT2D eigenvalue weighted by molar-refractivity contribution is 14.1. The molecule has 0 radical (unpaired) electrons. The van der Waals surface area contributed by atoms with Gasteiger partial charge >= 0.3 is 5.97 Å². The third-order valence-corrected chi connectivity index (χ3v) is 2.73. The average Bonchev–Trinajstić information content (AvgIpc) is 2.59. The lowest BCUT2D eigenvalue weighted by Crippen LogP contribution is -2.44. The van der Waals surface area contributed by atoms with Crippen LogP contribution >= 0.6 is 22.6 Å². The number of carbonyl (C=O) groups excluding carboxylic acids is 1. The number of hydrogen-bond acceptors (Lipinski definition) is 2. The Labute approximate surface area is 107 Å². The first-order chi connectivity index (χ1) is 7.41. The number of amides is 1. The molecular formula is C10H13IN2O3. The summed E-state index contributed by atoms with van der Waals surface area (Å²) >= 11 is 2.07. The number of hydrogen-bond donors (Lipinski definition) is 3. The largest absolute Gasteiger partial charge is 0.480 e. The van der Waals surface area contributed by atoms with Gasteiger partial charge in [-0.1, -0.05) is 13.8 Å². The molecule has 1 heterocycles. The molecule has 0 aliphatic heterocycles. The van der Waals surface area contributed by atoms with Gasteiger partial charge in [0.25, 0.3) is 5.91 Å². The summed E-state index contributed by atoms with van der Waals surface area (Å²) in [5.41, 5.74) is 0.372. The lowest BCUT2D eigenvalue weighted by atomic mass is 10.0. The predicted molar refractivity (Wildman–Crippen MR) is 67.2 cm³/mol. The molecule has 0 spiro atoms. The van der Waals surface area contributed by atoms with Crippen LogP contribution in [-0.4, -0.2) is 28.0 Å². The molecular weight excluding hydrogens is 323 g/mol. The van der Waals surface area contributed by atoms with Crippen molar-refractivity contribution in [1.29, 1.82) is 0 Å². The van der Waals surface area contributed by atoms with Gasteiger partial charge in [-0.05, 0) is 34.6 Å². The van der Waals surface area contributed by atoms with Crippen LogP contribution in [0.4, 0.5) is 0 Å². The van der Waals surface area contributed by atoms with Crippen LogP contribution in [0, 0.1) is 9.49 Å². The fraction of sp³-hybridized carbons (Fsp3) is 0.400. The van der Waals surface area contributed by atoms with E-state index in [0.717, 1.165) is 3.57 Å². The summed E-state index contributed by atoms with van der Waals surface area (Å²) < 4.78 is 0.902. The van der Waals surface area contributed by atoms with E-state index in [1.165, 1.54) is 0 Å². The Morgan fingerprint density at radius 3 is 2.50 bits per heavy atom. The van der Waals surface area contributed by atoms with E-state index in [-0.39, 0.29) is 5.92 Å². The number of carbonyl (C=O) groups is 2. The molecule has 0 fully saturated rings. The van der Waals surface area contributed by atoms with Gasteiger partial charge in [0.2, 0.25) is 0 Å². The third-order valence-electron chi connectivity index (χ3n) is 2.11. The summed E-state index contributed by atoms with van der Waals surface area (Å²) in [5, 5.41) is 11.4. The van der Waals surface area contributed by atoms with E-state index >= 15 is 0 Å². The number of halogens is 1. The van der Waals surface area contributed by atoms with Crippen molar-refractivity contribution in [2.45, 2.75) is 19.9 Å². The molecule has 5 nitrogen and oxygen atoms in total. The maximum atomic E-state index is 11.7. The molecule has 0 aromatic carbocycles. The van der Waals surface area contributed by atoms with Gasteiger partial charge < -0.3 is 15.4 Å². The van der Waals surface area contributed by atoms with E-state index in [0.29, 0.717) is 5.69 Å². The number of rotatable bonds is 4. The Morgan fingerprint density at radius 1 is 1.50 bits per heavy atom. The number of aromatic amines is 1. The first kappa shape index (κ1) is 13.0. The Kier molecular flexibility index (Phi) is 4.34. The minimum Gasteiger partial charge on any atom is -0.480 e. The van der Waals surface area contributed by atoms with Crippen molar-refractivity contribution >= 4 is 34.5 Å². The fourth-order valence-corrected chi connectivity index (χ4v) is 1.70. The quantitative estimate of drug-likeness (QED) is 0.728. The first-order valence-corrected chi connectivity index (χ1v) is 5.87. The molecule has 0 bridgehead atoms. The number of nitrogens with one attached hydrogen (secondary N) is 2. The van der Waals surface area contributed by atoms with Crippen molar-refractivity contribution in [3.8, 4) is 0 Å². The summed E-state index contributed by atoms with van der Waals surface area (Å²) in [6.45, 7) is 3.50. The number of aromatic nitrogens is 1. The molecule has 0 unspecified atom stereocenters. The molecule has 0 saturated heterocycles. The van der Waals surface area contributed by atoms with Gasteiger partial charge in [0.15, 0.2) is 0 Å². The first-order valence-electron chi connectivity index (χ1n) is 4.79. The van der Waals surface area contributed by atoms with E-state index in [2.05, 4.69) is 32.9 Å². The Morgan fingerprint density at radius 2 is 2.12 bits per heavy atom. The lowest BCUT2D eigenvalue weighted by Gasteiger charge is -2.17. The predicted octanol–water partition coefficient (Wildman–Crippen LogP) is 1.46. The Balaban J connectivity index is 2.73. The summed E-state index contributed by atoms with van der Waals surface area (Å²) in [6, 6.07) is 0.795. The second-order valence-electron chi connectivity index (χ2n) is 3.76. The van der Waals surface area contributed by atoms with Crippen LogP contribution < -0.4 is 5.32 Å². The van der Waals surface area contributed by atoms with Gasteiger partial charge in [-0.15, -0.1) is 0 Å².